The van der Waals surface area contributed by atoms with Crippen molar-refractivity contribution in [3.05, 3.63) is 42.2 Å². The summed E-state index contributed by atoms with van der Waals surface area (Å²) >= 11 is 0. The summed E-state index contributed by atoms with van der Waals surface area (Å²) in [6, 6.07) is 6.94. The van der Waals surface area contributed by atoms with E-state index in [9.17, 15) is 4.79 Å². The van der Waals surface area contributed by atoms with Gasteiger partial charge in [-0.3, -0.25) is 9.48 Å². The van der Waals surface area contributed by atoms with Gasteiger partial charge in [-0.15, -0.1) is 0 Å². The second-order valence-corrected chi connectivity index (χ2v) is 5.84. The predicted molar refractivity (Wildman–Crippen MR) is 94.1 cm³/mol. The molecule has 0 spiro atoms. The SMILES string of the molecule is CNC(C(=O)Nc1cccc(OCCN(C)C)c1)c1cnn(C)c1. The van der Waals surface area contributed by atoms with Crippen molar-refractivity contribution in [2.75, 3.05) is 39.6 Å². The normalized spacial score (nSPS) is 12.2. The van der Waals surface area contributed by atoms with Crippen molar-refractivity contribution in [2.45, 2.75) is 6.04 Å². The third-order valence-electron chi connectivity index (χ3n) is 3.52. The summed E-state index contributed by atoms with van der Waals surface area (Å²) in [5.74, 6) is 0.591. The van der Waals surface area contributed by atoms with E-state index in [1.807, 2.05) is 51.6 Å². The number of hydrogen-bond acceptors (Lipinski definition) is 5. The first-order valence-corrected chi connectivity index (χ1v) is 7.84. The van der Waals surface area contributed by atoms with Crippen LogP contribution in [0.15, 0.2) is 36.7 Å². The van der Waals surface area contributed by atoms with E-state index in [4.69, 9.17) is 4.74 Å². The first-order chi connectivity index (χ1) is 11.5. The number of likely N-dealkylation sites (N-methyl/N-ethyl adjacent to an activating group) is 2. The standard InChI is InChI=1S/C17H25N5O2/c1-18-16(13-11-19-22(4)12-13)17(23)20-14-6-5-7-15(10-14)24-9-8-21(2)3/h5-7,10-12,16,18H,8-9H2,1-4H3,(H,20,23). The zero-order valence-electron chi connectivity index (χ0n) is 14.6. The first-order valence-electron chi connectivity index (χ1n) is 7.84. The van der Waals surface area contributed by atoms with Crippen LogP contribution < -0.4 is 15.4 Å². The van der Waals surface area contributed by atoms with E-state index >= 15 is 0 Å². The molecule has 2 N–H and O–H groups in total. The molecule has 0 fully saturated rings. The molecule has 1 amide bonds. The maximum atomic E-state index is 12.5. The van der Waals surface area contributed by atoms with E-state index in [2.05, 4.69) is 20.6 Å². The van der Waals surface area contributed by atoms with Gasteiger partial charge in [-0.2, -0.15) is 5.10 Å². The summed E-state index contributed by atoms with van der Waals surface area (Å²) in [5.41, 5.74) is 1.52. The number of benzene rings is 1. The zero-order chi connectivity index (χ0) is 17.5. The second-order valence-electron chi connectivity index (χ2n) is 5.84. The number of carbonyl (C=O) groups is 1. The van der Waals surface area contributed by atoms with Crippen molar-refractivity contribution >= 4 is 11.6 Å². The average Bonchev–Trinajstić information content (AvgIpc) is 2.94. The molecule has 1 unspecified atom stereocenters. The zero-order valence-corrected chi connectivity index (χ0v) is 14.6. The molecular formula is C17H25N5O2. The lowest BCUT2D eigenvalue weighted by Gasteiger charge is -2.15. The molecular weight excluding hydrogens is 306 g/mol. The summed E-state index contributed by atoms with van der Waals surface area (Å²) in [7, 11) is 7.56. The highest BCUT2D eigenvalue weighted by Crippen LogP contribution is 2.19. The predicted octanol–water partition coefficient (Wildman–Crippen LogP) is 1.26. The number of anilines is 1. The number of hydrogen-bond donors (Lipinski definition) is 2. The Labute approximate surface area is 142 Å². The molecule has 2 aromatic rings. The molecule has 1 aromatic heterocycles. The van der Waals surface area contributed by atoms with Crippen LogP contribution in [-0.2, 0) is 11.8 Å². The Bertz CT molecular complexity index is 669. The van der Waals surface area contributed by atoms with Gasteiger partial charge in [0.05, 0.1) is 6.20 Å². The number of aryl methyl sites for hydroxylation is 1. The summed E-state index contributed by atoms with van der Waals surface area (Å²) in [5, 5.41) is 10.0. The summed E-state index contributed by atoms with van der Waals surface area (Å²) < 4.78 is 7.36. The average molecular weight is 331 g/mol. The topological polar surface area (TPSA) is 71.4 Å². The number of nitrogens with one attached hydrogen (secondary N) is 2. The van der Waals surface area contributed by atoms with E-state index < -0.39 is 6.04 Å². The van der Waals surface area contributed by atoms with Crippen molar-refractivity contribution in [1.82, 2.24) is 20.0 Å². The number of aromatic nitrogens is 2. The van der Waals surface area contributed by atoms with Crippen molar-refractivity contribution in [2.24, 2.45) is 7.05 Å². The molecule has 1 aromatic carbocycles. The van der Waals surface area contributed by atoms with Gasteiger partial charge in [0.1, 0.15) is 18.4 Å². The van der Waals surface area contributed by atoms with Crippen LogP contribution in [0.3, 0.4) is 0 Å². The molecule has 0 radical (unpaired) electrons. The molecule has 24 heavy (non-hydrogen) atoms. The molecule has 0 aliphatic heterocycles. The summed E-state index contributed by atoms with van der Waals surface area (Å²) in [6.07, 6.45) is 3.50. The number of nitrogens with zero attached hydrogens (tertiary/aromatic N) is 3. The molecule has 1 heterocycles. The molecule has 7 heteroatoms. The fraction of sp³-hybridized carbons (Fsp3) is 0.412. The quantitative estimate of drug-likeness (QED) is 0.762. The largest absolute Gasteiger partial charge is 0.492 e. The molecule has 2 rings (SSSR count). The monoisotopic (exact) mass is 331 g/mol. The van der Waals surface area contributed by atoms with Gasteiger partial charge in [0.2, 0.25) is 5.91 Å². The number of amides is 1. The van der Waals surface area contributed by atoms with Crippen LogP contribution in [0.25, 0.3) is 0 Å². The molecule has 0 aliphatic rings. The lowest BCUT2D eigenvalue weighted by Crippen LogP contribution is -2.30. The third kappa shape index (κ3) is 5.07. The second kappa shape index (κ2) is 8.47. The smallest absolute Gasteiger partial charge is 0.246 e. The molecule has 0 saturated heterocycles. The Kier molecular flexibility index (Phi) is 6.34. The van der Waals surface area contributed by atoms with Crippen LogP contribution >= 0.6 is 0 Å². The van der Waals surface area contributed by atoms with E-state index in [0.29, 0.717) is 12.3 Å². The molecule has 1 atom stereocenters. The van der Waals surface area contributed by atoms with Crippen LogP contribution in [0.2, 0.25) is 0 Å². The van der Waals surface area contributed by atoms with Gasteiger partial charge < -0.3 is 20.3 Å². The fourth-order valence-electron chi connectivity index (χ4n) is 2.26. The van der Waals surface area contributed by atoms with Gasteiger partial charge in [-0.1, -0.05) is 6.07 Å². The van der Waals surface area contributed by atoms with Crippen LogP contribution in [0.1, 0.15) is 11.6 Å². The van der Waals surface area contributed by atoms with Gasteiger partial charge in [-0.05, 0) is 33.3 Å². The lowest BCUT2D eigenvalue weighted by atomic mass is 10.1. The Balaban J connectivity index is 2.00. The number of rotatable bonds is 8. The Morgan fingerprint density at radius 3 is 2.83 bits per heavy atom. The van der Waals surface area contributed by atoms with Gasteiger partial charge in [0.15, 0.2) is 0 Å². The number of carbonyl (C=O) groups excluding carboxylic acids is 1. The molecule has 0 bridgehead atoms. The van der Waals surface area contributed by atoms with Crippen LogP contribution in [0.4, 0.5) is 5.69 Å². The first kappa shape index (κ1) is 18.0. The van der Waals surface area contributed by atoms with E-state index in [0.717, 1.165) is 17.9 Å². The Morgan fingerprint density at radius 1 is 1.42 bits per heavy atom. The van der Waals surface area contributed by atoms with E-state index in [-0.39, 0.29) is 5.91 Å². The van der Waals surface area contributed by atoms with Crippen molar-refractivity contribution in [3.8, 4) is 5.75 Å². The molecule has 0 saturated carbocycles. The summed E-state index contributed by atoms with van der Waals surface area (Å²) in [4.78, 5) is 14.6. The summed E-state index contributed by atoms with van der Waals surface area (Å²) in [6.45, 7) is 1.43. The number of ether oxygens (including phenoxy) is 1. The van der Waals surface area contributed by atoms with Crippen LogP contribution in [-0.4, -0.2) is 54.9 Å². The minimum Gasteiger partial charge on any atom is -0.492 e. The lowest BCUT2D eigenvalue weighted by molar-refractivity contribution is -0.118. The van der Waals surface area contributed by atoms with Gasteiger partial charge in [-0.25, -0.2) is 0 Å². The Hall–Kier alpha value is -2.38. The van der Waals surface area contributed by atoms with Crippen molar-refractivity contribution in [1.29, 1.82) is 0 Å². The minimum atomic E-state index is -0.461. The fourth-order valence-corrected chi connectivity index (χ4v) is 2.26. The Morgan fingerprint density at radius 2 is 2.21 bits per heavy atom. The maximum Gasteiger partial charge on any atom is 0.246 e. The van der Waals surface area contributed by atoms with E-state index in [1.165, 1.54) is 0 Å². The highest BCUT2D eigenvalue weighted by atomic mass is 16.5. The van der Waals surface area contributed by atoms with Crippen LogP contribution in [0.5, 0.6) is 5.75 Å². The maximum absolute atomic E-state index is 12.5. The van der Waals surface area contributed by atoms with Crippen molar-refractivity contribution in [3.63, 3.8) is 0 Å². The van der Waals surface area contributed by atoms with E-state index in [1.54, 1.807) is 17.9 Å². The molecule has 7 nitrogen and oxygen atoms in total. The minimum absolute atomic E-state index is 0.143. The van der Waals surface area contributed by atoms with Gasteiger partial charge >= 0.3 is 0 Å². The molecule has 130 valence electrons. The van der Waals surface area contributed by atoms with Crippen molar-refractivity contribution < 1.29 is 9.53 Å². The molecule has 0 aliphatic carbocycles. The third-order valence-corrected chi connectivity index (χ3v) is 3.52. The van der Waals surface area contributed by atoms with Crippen LogP contribution in [0, 0.1) is 0 Å². The highest BCUT2D eigenvalue weighted by molar-refractivity contribution is 5.95. The highest BCUT2D eigenvalue weighted by Gasteiger charge is 2.20. The van der Waals surface area contributed by atoms with Gasteiger partial charge in [0.25, 0.3) is 0 Å². The van der Waals surface area contributed by atoms with Gasteiger partial charge in [0, 0.05) is 37.1 Å².